The number of rotatable bonds is 4. The fourth-order valence-electron chi connectivity index (χ4n) is 2.49. The van der Waals surface area contributed by atoms with Gasteiger partial charge in [0, 0.05) is 16.8 Å². The van der Waals surface area contributed by atoms with Crippen LogP contribution in [0.3, 0.4) is 0 Å². The maximum atomic E-state index is 13.0. The molecule has 0 radical (unpaired) electrons. The van der Waals surface area contributed by atoms with Crippen LogP contribution in [0.1, 0.15) is 32.0 Å². The van der Waals surface area contributed by atoms with Crippen molar-refractivity contribution in [2.45, 2.75) is 13.5 Å². The molecule has 0 fully saturated rings. The zero-order valence-corrected chi connectivity index (χ0v) is 15.0. The minimum absolute atomic E-state index is 0.164. The molecule has 3 rings (SSSR count). The van der Waals surface area contributed by atoms with Crippen molar-refractivity contribution >= 4 is 23.4 Å². The monoisotopic (exact) mass is 364 g/mol. The molecular formula is C21H17ClN2O2. The number of hydrogen-bond donors (Lipinski definition) is 0. The zero-order valence-electron chi connectivity index (χ0n) is 14.2. The van der Waals surface area contributed by atoms with E-state index in [-0.39, 0.29) is 12.2 Å². The molecule has 26 heavy (non-hydrogen) atoms. The molecule has 0 saturated carbocycles. The molecule has 0 saturated heterocycles. The Balaban J connectivity index is 1.94. The van der Waals surface area contributed by atoms with Crippen molar-refractivity contribution in [2.75, 3.05) is 0 Å². The number of hydrogen-bond acceptors (Lipinski definition) is 3. The highest BCUT2D eigenvalue weighted by molar-refractivity contribution is 6.30. The maximum absolute atomic E-state index is 13.0. The summed E-state index contributed by atoms with van der Waals surface area (Å²) in [6, 6.07) is 19.2. The van der Waals surface area contributed by atoms with Crippen LogP contribution in [0.4, 0.5) is 0 Å². The minimum atomic E-state index is -0.439. The number of benzene rings is 2. The summed E-state index contributed by atoms with van der Waals surface area (Å²) in [5.74, 6) is -0.830. The van der Waals surface area contributed by atoms with E-state index in [1.54, 1.807) is 42.5 Å². The van der Waals surface area contributed by atoms with Crippen LogP contribution in [0, 0.1) is 6.92 Å². The lowest BCUT2D eigenvalue weighted by Crippen LogP contribution is -2.36. The quantitative estimate of drug-likeness (QED) is 0.639. The number of carbonyl (C=O) groups is 2. The fourth-order valence-corrected chi connectivity index (χ4v) is 2.61. The Morgan fingerprint density at radius 3 is 2.23 bits per heavy atom. The molecule has 0 aliphatic heterocycles. The number of aromatic nitrogens is 1. The summed E-state index contributed by atoms with van der Waals surface area (Å²) < 4.78 is 0. The van der Waals surface area contributed by atoms with Gasteiger partial charge in [-0.2, -0.15) is 0 Å². The summed E-state index contributed by atoms with van der Waals surface area (Å²) in [7, 11) is 0. The third-order valence-corrected chi connectivity index (χ3v) is 4.18. The summed E-state index contributed by atoms with van der Waals surface area (Å²) >= 11 is 5.90. The highest BCUT2D eigenvalue weighted by Gasteiger charge is 2.25. The fraction of sp³-hybridized carbons (Fsp3) is 0.0952. The number of halogens is 1. The molecule has 1 heterocycles. The Kier molecular flexibility index (Phi) is 5.44. The van der Waals surface area contributed by atoms with Crippen LogP contribution in [0.15, 0.2) is 72.9 Å². The Morgan fingerprint density at radius 1 is 0.923 bits per heavy atom. The Bertz CT molecular complexity index is 907. The lowest BCUT2D eigenvalue weighted by atomic mass is 10.1. The average molecular weight is 365 g/mol. The van der Waals surface area contributed by atoms with Gasteiger partial charge in [-0.25, -0.2) is 0 Å². The van der Waals surface area contributed by atoms with E-state index in [0.29, 0.717) is 10.6 Å². The Morgan fingerprint density at radius 2 is 1.62 bits per heavy atom. The first-order valence-electron chi connectivity index (χ1n) is 8.13. The van der Waals surface area contributed by atoms with Crippen molar-refractivity contribution in [2.24, 2.45) is 0 Å². The van der Waals surface area contributed by atoms with Gasteiger partial charge in [0.2, 0.25) is 0 Å². The molecule has 0 bridgehead atoms. The SMILES string of the molecule is Cc1ccc(CN(C(=O)c2ccc(Cl)cc2)C(=O)c2ccccn2)cc1. The van der Waals surface area contributed by atoms with Crippen LogP contribution in [-0.4, -0.2) is 21.7 Å². The number of carbonyl (C=O) groups excluding carboxylic acids is 2. The van der Waals surface area contributed by atoms with Crippen molar-refractivity contribution < 1.29 is 9.59 Å². The first kappa shape index (κ1) is 17.8. The van der Waals surface area contributed by atoms with Crippen molar-refractivity contribution in [1.82, 2.24) is 9.88 Å². The van der Waals surface area contributed by atoms with Crippen molar-refractivity contribution in [3.05, 3.63) is 100 Å². The van der Waals surface area contributed by atoms with Crippen LogP contribution >= 0.6 is 11.6 Å². The van der Waals surface area contributed by atoms with E-state index in [2.05, 4.69) is 4.98 Å². The van der Waals surface area contributed by atoms with Crippen LogP contribution in [-0.2, 0) is 6.54 Å². The van der Waals surface area contributed by atoms with Crippen molar-refractivity contribution in [3.8, 4) is 0 Å². The molecule has 4 nitrogen and oxygen atoms in total. The third kappa shape index (κ3) is 4.16. The van der Waals surface area contributed by atoms with Gasteiger partial charge >= 0.3 is 0 Å². The second-order valence-electron chi connectivity index (χ2n) is 5.90. The smallest absolute Gasteiger partial charge is 0.269 e. The van der Waals surface area contributed by atoms with Gasteiger partial charge in [0.15, 0.2) is 0 Å². The number of imide groups is 1. The molecule has 0 atom stereocenters. The lowest BCUT2D eigenvalue weighted by Gasteiger charge is -2.21. The standard InChI is InChI=1S/C21H17ClN2O2/c1-15-5-7-16(8-6-15)14-24(21(26)19-4-2-3-13-23-19)20(25)17-9-11-18(22)12-10-17/h2-13H,14H2,1H3. The highest BCUT2D eigenvalue weighted by Crippen LogP contribution is 2.16. The predicted octanol–water partition coefficient (Wildman–Crippen LogP) is 4.53. The van der Waals surface area contributed by atoms with Gasteiger partial charge in [0.05, 0.1) is 6.54 Å². The second kappa shape index (κ2) is 7.93. The van der Waals surface area contributed by atoms with Gasteiger partial charge in [-0.3, -0.25) is 19.5 Å². The van der Waals surface area contributed by atoms with Gasteiger partial charge in [0.25, 0.3) is 11.8 Å². The summed E-state index contributed by atoms with van der Waals surface area (Å²) in [5, 5.41) is 0.530. The molecule has 2 aromatic carbocycles. The molecule has 130 valence electrons. The lowest BCUT2D eigenvalue weighted by molar-refractivity contribution is 0.0600. The van der Waals surface area contributed by atoms with E-state index in [9.17, 15) is 9.59 Å². The van der Waals surface area contributed by atoms with Gasteiger partial charge in [-0.15, -0.1) is 0 Å². The average Bonchev–Trinajstić information content (AvgIpc) is 2.68. The second-order valence-corrected chi connectivity index (χ2v) is 6.34. The first-order valence-corrected chi connectivity index (χ1v) is 8.51. The normalized spacial score (nSPS) is 10.4. The first-order chi connectivity index (χ1) is 12.5. The molecule has 0 aliphatic carbocycles. The molecular weight excluding hydrogens is 348 g/mol. The summed E-state index contributed by atoms with van der Waals surface area (Å²) in [6.45, 7) is 2.15. The maximum Gasteiger partial charge on any atom is 0.279 e. The molecule has 0 unspecified atom stereocenters. The van der Waals surface area contributed by atoms with Crippen molar-refractivity contribution in [1.29, 1.82) is 0 Å². The molecule has 0 N–H and O–H groups in total. The van der Waals surface area contributed by atoms with E-state index >= 15 is 0 Å². The molecule has 0 spiro atoms. The van der Waals surface area contributed by atoms with E-state index in [0.717, 1.165) is 11.1 Å². The largest absolute Gasteiger partial charge is 0.279 e. The number of aryl methyl sites for hydroxylation is 1. The molecule has 0 aliphatic rings. The van der Waals surface area contributed by atoms with E-state index in [1.165, 1.54) is 11.1 Å². The Hall–Kier alpha value is -2.98. The van der Waals surface area contributed by atoms with Crippen molar-refractivity contribution in [3.63, 3.8) is 0 Å². The topological polar surface area (TPSA) is 50.3 Å². The van der Waals surface area contributed by atoms with E-state index in [4.69, 9.17) is 11.6 Å². The number of nitrogens with zero attached hydrogens (tertiary/aromatic N) is 2. The molecule has 5 heteroatoms. The molecule has 2 amide bonds. The van der Waals surface area contributed by atoms with Crippen LogP contribution in [0.2, 0.25) is 5.02 Å². The summed E-state index contributed by atoms with van der Waals surface area (Å²) in [5.41, 5.74) is 2.59. The van der Waals surface area contributed by atoms with E-state index in [1.807, 2.05) is 31.2 Å². The van der Waals surface area contributed by atoms with Crippen LogP contribution in [0.25, 0.3) is 0 Å². The minimum Gasteiger partial charge on any atom is -0.269 e. The number of amides is 2. The summed E-state index contributed by atoms with van der Waals surface area (Å²) in [4.78, 5) is 31.2. The number of pyridine rings is 1. The van der Waals surface area contributed by atoms with Gasteiger partial charge in [-0.05, 0) is 48.9 Å². The highest BCUT2D eigenvalue weighted by atomic mass is 35.5. The van der Waals surface area contributed by atoms with Gasteiger partial charge in [-0.1, -0.05) is 47.5 Å². The third-order valence-electron chi connectivity index (χ3n) is 3.93. The van der Waals surface area contributed by atoms with Crippen LogP contribution < -0.4 is 0 Å². The Labute approximate surface area is 157 Å². The summed E-state index contributed by atoms with van der Waals surface area (Å²) in [6.07, 6.45) is 1.53. The predicted molar refractivity (Wildman–Crippen MR) is 101 cm³/mol. The van der Waals surface area contributed by atoms with Gasteiger partial charge in [0.1, 0.15) is 5.69 Å². The molecule has 1 aromatic heterocycles. The molecule has 3 aromatic rings. The zero-order chi connectivity index (χ0) is 18.5. The van der Waals surface area contributed by atoms with Crippen LogP contribution in [0.5, 0.6) is 0 Å². The van der Waals surface area contributed by atoms with Gasteiger partial charge < -0.3 is 0 Å². The van der Waals surface area contributed by atoms with E-state index < -0.39 is 11.8 Å².